The summed E-state index contributed by atoms with van der Waals surface area (Å²) in [6.45, 7) is 5.95. The van der Waals surface area contributed by atoms with E-state index in [0.29, 0.717) is 36.9 Å². The topological polar surface area (TPSA) is 63.6 Å². The Morgan fingerprint density at radius 2 is 1.79 bits per heavy atom. The van der Waals surface area contributed by atoms with Gasteiger partial charge < -0.3 is 9.84 Å². The molecule has 4 heteroatoms. The maximum absolute atomic E-state index is 12.3. The predicted octanol–water partition coefficient (Wildman–Crippen LogP) is 3.45. The molecular weight excluding hydrogens is 304 g/mol. The number of aliphatic carboxylic acids is 1. The van der Waals surface area contributed by atoms with Crippen LogP contribution in [-0.4, -0.2) is 29.6 Å². The maximum atomic E-state index is 12.3. The average Bonchev–Trinajstić information content (AvgIpc) is 2.83. The summed E-state index contributed by atoms with van der Waals surface area (Å²) in [6.07, 6.45) is 6.80. The molecule has 4 saturated carbocycles. The van der Waals surface area contributed by atoms with Crippen LogP contribution >= 0.6 is 0 Å². The zero-order valence-electron chi connectivity index (χ0n) is 14.5. The van der Waals surface area contributed by atoms with Gasteiger partial charge in [-0.2, -0.15) is 0 Å². The van der Waals surface area contributed by atoms with Crippen LogP contribution in [0.2, 0.25) is 0 Å². The first kappa shape index (κ1) is 16.3. The van der Waals surface area contributed by atoms with Crippen LogP contribution in [0.15, 0.2) is 12.2 Å². The van der Waals surface area contributed by atoms with Gasteiger partial charge >= 0.3 is 5.97 Å². The van der Waals surface area contributed by atoms with Gasteiger partial charge in [-0.25, -0.2) is 0 Å². The Balaban J connectivity index is 1.52. The summed E-state index contributed by atoms with van der Waals surface area (Å²) in [5.74, 6) is 2.35. The number of carbonyl (C=O) groups is 2. The molecular formula is C20H28O4. The van der Waals surface area contributed by atoms with E-state index in [1.54, 1.807) is 0 Å². The second-order valence-electron chi connectivity index (χ2n) is 8.99. The molecule has 0 aromatic rings. The molecule has 24 heavy (non-hydrogen) atoms. The highest BCUT2D eigenvalue weighted by Crippen LogP contribution is 2.61. The number of ether oxygens (including phenoxy) is 1. The molecule has 132 valence electrons. The number of ketones is 1. The normalized spacial score (nSPS) is 43.2. The number of carbonyl (C=O) groups excluding carboxylic acids is 1. The first-order valence-electron chi connectivity index (χ1n) is 9.45. The lowest BCUT2D eigenvalue weighted by Gasteiger charge is -2.58. The van der Waals surface area contributed by atoms with Crippen LogP contribution < -0.4 is 0 Å². The summed E-state index contributed by atoms with van der Waals surface area (Å²) >= 11 is 0. The quantitative estimate of drug-likeness (QED) is 0.783. The molecule has 5 fully saturated rings. The zero-order valence-corrected chi connectivity index (χ0v) is 14.5. The predicted molar refractivity (Wildman–Crippen MR) is 89.4 cm³/mol. The fourth-order valence-electron chi connectivity index (χ4n) is 6.60. The van der Waals surface area contributed by atoms with Gasteiger partial charge in [-0.3, -0.25) is 9.59 Å². The van der Waals surface area contributed by atoms with Crippen LogP contribution in [0, 0.1) is 35.0 Å². The summed E-state index contributed by atoms with van der Waals surface area (Å²) in [4.78, 5) is 24.3. The highest BCUT2D eigenvalue weighted by atomic mass is 16.5. The van der Waals surface area contributed by atoms with Gasteiger partial charge in [-0.15, -0.1) is 0 Å². The smallest absolute Gasteiger partial charge is 0.309 e. The molecule has 2 atom stereocenters. The Labute approximate surface area is 143 Å². The minimum absolute atomic E-state index is 0.0344. The van der Waals surface area contributed by atoms with Crippen molar-refractivity contribution in [1.82, 2.24) is 0 Å². The summed E-state index contributed by atoms with van der Waals surface area (Å²) in [5, 5.41) is 10.1. The second kappa shape index (κ2) is 5.69. The summed E-state index contributed by atoms with van der Waals surface area (Å²) in [6, 6.07) is 0. The molecule has 5 rings (SSSR count). The van der Waals surface area contributed by atoms with Crippen LogP contribution in [0.4, 0.5) is 0 Å². The molecule has 0 radical (unpaired) electrons. The van der Waals surface area contributed by atoms with E-state index < -0.39 is 17.5 Å². The molecule has 4 aliphatic carbocycles. The van der Waals surface area contributed by atoms with Gasteiger partial charge in [0.15, 0.2) is 5.78 Å². The van der Waals surface area contributed by atoms with Crippen molar-refractivity contribution in [3.8, 4) is 0 Å². The van der Waals surface area contributed by atoms with E-state index in [4.69, 9.17) is 4.74 Å². The molecule has 0 spiro atoms. The Morgan fingerprint density at radius 3 is 2.25 bits per heavy atom. The maximum Gasteiger partial charge on any atom is 0.309 e. The minimum atomic E-state index is -0.740. The van der Waals surface area contributed by atoms with Crippen LogP contribution in [0.5, 0.6) is 0 Å². The van der Waals surface area contributed by atoms with Crippen molar-refractivity contribution in [2.45, 2.75) is 58.0 Å². The van der Waals surface area contributed by atoms with Crippen molar-refractivity contribution in [2.75, 3.05) is 6.61 Å². The van der Waals surface area contributed by atoms with E-state index in [-0.39, 0.29) is 11.7 Å². The molecule has 1 N–H and O–H groups in total. The molecule has 1 saturated heterocycles. The Morgan fingerprint density at radius 1 is 1.21 bits per heavy atom. The molecule has 0 amide bonds. The van der Waals surface area contributed by atoms with Crippen molar-refractivity contribution >= 4 is 11.8 Å². The first-order chi connectivity index (χ1) is 11.4. The standard InChI is InChI=1S/C20H28O4/c1-11-10-24-16(18(11)21)3-4-20(2,19(22)23)17-14-6-12-5-13(8-14)9-15(17)7-12/h12-17H,1,3-10H2,2H3,(H,22,23). The molecule has 1 heterocycles. The molecule has 0 aromatic carbocycles. The fraction of sp³-hybridized carbons (Fsp3) is 0.800. The monoisotopic (exact) mass is 332 g/mol. The third-order valence-corrected chi connectivity index (χ3v) is 7.48. The number of carboxylic acid groups (broad SMARTS) is 1. The lowest BCUT2D eigenvalue weighted by atomic mass is 9.46. The van der Waals surface area contributed by atoms with E-state index >= 15 is 0 Å². The number of carboxylic acids is 1. The second-order valence-corrected chi connectivity index (χ2v) is 8.99. The highest BCUT2D eigenvalue weighted by Gasteiger charge is 2.56. The number of rotatable bonds is 5. The van der Waals surface area contributed by atoms with E-state index in [9.17, 15) is 14.7 Å². The lowest BCUT2D eigenvalue weighted by Crippen LogP contribution is -2.53. The zero-order chi connectivity index (χ0) is 17.1. The van der Waals surface area contributed by atoms with Crippen LogP contribution in [0.3, 0.4) is 0 Å². The number of Topliss-reactive ketones (excluding diaryl/α,β-unsaturated/α-hetero) is 1. The van der Waals surface area contributed by atoms with Gasteiger partial charge in [0, 0.05) is 5.57 Å². The van der Waals surface area contributed by atoms with Crippen molar-refractivity contribution in [1.29, 1.82) is 0 Å². The van der Waals surface area contributed by atoms with Gasteiger partial charge in [0.05, 0.1) is 12.0 Å². The summed E-state index contributed by atoms with van der Waals surface area (Å²) in [5.41, 5.74) is -0.220. The first-order valence-corrected chi connectivity index (χ1v) is 9.45. The number of hydrogen-bond acceptors (Lipinski definition) is 3. The molecule has 2 unspecified atom stereocenters. The largest absolute Gasteiger partial charge is 0.481 e. The lowest BCUT2D eigenvalue weighted by molar-refractivity contribution is -0.166. The molecule has 4 nitrogen and oxygen atoms in total. The Hall–Kier alpha value is -1.16. The minimum Gasteiger partial charge on any atom is -0.481 e. The summed E-state index contributed by atoms with van der Waals surface area (Å²) < 4.78 is 5.52. The van der Waals surface area contributed by atoms with E-state index in [1.165, 1.54) is 32.1 Å². The van der Waals surface area contributed by atoms with E-state index in [2.05, 4.69) is 6.58 Å². The SMILES string of the molecule is C=C1COC(CCC(C)(C(=O)O)C2C3CC4CC(C3)CC2C4)C1=O. The fourth-order valence-corrected chi connectivity index (χ4v) is 6.60. The van der Waals surface area contributed by atoms with Crippen LogP contribution in [-0.2, 0) is 14.3 Å². The molecule has 5 aliphatic rings. The van der Waals surface area contributed by atoms with Crippen LogP contribution in [0.1, 0.15) is 51.9 Å². The van der Waals surface area contributed by atoms with Gasteiger partial charge in [-0.1, -0.05) is 6.58 Å². The number of hydrogen-bond donors (Lipinski definition) is 1. The highest BCUT2D eigenvalue weighted by molar-refractivity contribution is 6.00. The van der Waals surface area contributed by atoms with Crippen molar-refractivity contribution < 1.29 is 19.4 Å². The summed E-state index contributed by atoms with van der Waals surface area (Å²) in [7, 11) is 0. The van der Waals surface area contributed by atoms with Crippen molar-refractivity contribution in [3.63, 3.8) is 0 Å². The van der Waals surface area contributed by atoms with Crippen molar-refractivity contribution in [2.24, 2.45) is 35.0 Å². The third kappa shape index (κ3) is 2.45. The van der Waals surface area contributed by atoms with E-state index in [0.717, 1.165) is 11.8 Å². The molecule has 1 aliphatic heterocycles. The Bertz CT molecular complexity index is 552. The van der Waals surface area contributed by atoms with Crippen molar-refractivity contribution in [3.05, 3.63) is 12.2 Å². The van der Waals surface area contributed by atoms with Gasteiger partial charge in [0.2, 0.25) is 0 Å². The van der Waals surface area contributed by atoms with Gasteiger partial charge in [-0.05, 0) is 81.5 Å². The van der Waals surface area contributed by atoms with Gasteiger partial charge in [0.25, 0.3) is 0 Å². The average molecular weight is 332 g/mol. The molecule has 0 aromatic heterocycles. The third-order valence-electron chi connectivity index (χ3n) is 7.48. The Kier molecular flexibility index (Phi) is 3.87. The van der Waals surface area contributed by atoms with Crippen LogP contribution in [0.25, 0.3) is 0 Å². The molecule has 4 bridgehead atoms. The van der Waals surface area contributed by atoms with E-state index in [1.807, 2.05) is 6.92 Å². The van der Waals surface area contributed by atoms with Gasteiger partial charge in [0.1, 0.15) is 6.10 Å².